The predicted octanol–water partition coefficient (Wildman–Crippen LogP) is 1.82. The SMILES string of the molecule is COc1cc(CNC(=S)NCCN(C)C)ccc1OC(F)F. The van der Waals surface area contributed by atoms with Crippen molar-refractivity contribution >= 4 is 17.3 Å². The summed E-state index contributed by atoms with van der Waals surface area (Å²) >= 11 is 5.15. The van der Waals surface area contributed by atoms with Crippen LogP contribution < -0.4 is 20.1 Å². The first-order valence-electron chi connectivity index (χ1n) is 6.70. The number of hydrogen-bond acceptors (Lipinski definition) is 4. The van der Waals surface area contributed by atoms with Crippen molar-refractivity contribution in [3.8, 4) is 11.5 Å². The molecule has 0 aromatic heterocycles. The molecule has 5 nitrogen and oxygen atoms in total. The molecule has 0 radical (unpaired) electrons. The first-order valence-corrected chi connectivity index (χ1v) is 7.11. The molecule has 0 saturated heterocycles. The van der Waals surface area contributed by atoms with Gasteiger partial charge in [0.2, 0.25) is 0 Å². The van der Waals surface area contributed by atoms with Crippen molar-refractivity contribution in [2.75, 3.05) is 34.3 Å². The fourth-order valence-electron chi connectivity index (χ4n) is 1.65. The van der Waals surface area contributed by atoms with Gasteiger partial charge in [0.05, 0.1) is 7.11 Å². The van der Waals surface area contributed by atoms with Gasteiger partial charge in [0.1, 0.15) is 0 Å². The Kier molecular flexibility index (Phi) is 7.83. The van der Waals surface area contributed by atoms with Crippen LogP contribution in [0.15, 0.2) is 18.2 Å². The van der Waals surface area contributed by atoms with Crippen molar-refractivity contribution in [1.82, 2.24) is 15.5 Å². The van der Waals surface area contributed by atoms with Crippen molar-refractivity contribution in [1.29, 1.82) is 0 Å². The van der Waals surface area contributed by atoms with E-state index < -0.39 is 6.61 Å². The molecule has 0 unspecified atom stereocenters. The number of methoxy groups -OCH3 is 1. The summed E-state index contributed by atoms with van der Waals surface area (Å²) in [6.07, 6.45) is 0. The predicted molar refractivity (Wildman–Crippen MR) is 85.6 cm³/mol. The van der Waals surface area contributed by atoms with Gasteiger partial charge in [0.15, 0.2) is 16.6 Å². The highest BCUT2D eigenvalue weighted by Crippen LogP contribution is 2.29. The zero-order chi connectivity index (χ0) is 16.5. The molecule has 0 atom stereocenters. The lowest BCUT2D eigenvalue weighted by atomic mass is 10.2. The van der Waals surface area contributed by atoms with Gasteiger partial charge in [0, 0.05) is 19.6 Å². The normalized spacial score (nSPS) is 10.7. The van der Waals surface area contributed by atoms with Crippen molar-refractivity contribution in [3.05, 3.63) is 23.8 Å². The largest absolute Gasteiger partial charge is 0.493 e. The van der Waals surface area contributed by atoms with E-state index in [9.17, 15) is 8.78 Å². The topological polar surface area (TPSA) is 45.8 Å². The summed E-state index contributed by atoms with van der Waals surface area (Å²) in [5.41, 5.74) is 0.843. The van der Waals surface area contributed by atoms with Crippen LogP contribution in [0.1, 0.15) is 5.56 Å². The Hall–Kier alpha value is -1.67. The smallest absolute Gasteiger partial charge is 0.387 e. The summed E-state index contributed by atoms with van der Waals surface area (Å²) in [6, 6.07) is 4.76. The molecule has 0 bridgehead atoms. The van der Waals surface area contributed by atoms with Gasteiger partial charge in [-0.3, -0.25) is 0 Å². The fraction of sp³-hybridized carbons (Fsp3) is 0.500. The summed E-state index contributed by atoms with van der Waals surface area (Å²) in [6.45, 7) is -0.816. The van der Waals surface area contributed by atoms with Gasteiger partial charge >= 0.3 is 6.61 Å². The maximum atomic E-state index is 12.2. The lowest BCUT2D eigenvalue weighted by Gasteiger charge is -2.14. The van der Waals surface area contributed by atoms with Crippen LogP contribution in [0.2, 0.25) is 0 Å². The van der Waals surface area contributed by atoms with E-state index in [1.807, 2.05) is 19.0 Å². The lowest BCUT2D eigenvalue weighted by Crippen LogP contribution is -2.38. The minimum Gasteiger partial charge on any atom is -0.493 e. The number of halogens is 2. The lowest BCUT2D eigenvalue weighted by molar-refractivity contribution is -0.0512. The van der Waals surface area contributed by atoms with Gasteiger partial charge < -0.3 is 25.0 Å². The summed E-state index contributed by atoms with van der Waals surface area (Å²) in [5.74, 6) is 0.263. The van der Waals surface area contributed by atoms with Crippen molar-refractivity contribution in [2.24, 2.45) is 0 Å². The number of ether oxygens (including phenoxy) is 2. The highest BCUT2D eigenvalue weighted by atomic mass is 32.1. The molecule has 1 aromatic rings. The molecule has 124 valence electrons. The second kappa shape index (κ2) is 9.37. The summed E-state index contributed by atoms with van der Waals surface area (Å²) in [4.78, 5) is 2.04. The van der Waals surface area contributed by atoms with Gasteiger partial charge in [-0.15, -0.1) is 0 Å². The van der Waals surface area contributed by atoms with E-state index in [4.69, 9.17) is 17.0 Å². The third kappa shape index (κ3) is 6.86. The third-order valence-electron chi connectivity index (χ3n) is 2.74. The standard InChI is InChI=1S/C14H21F2N3O2S/c1-19(2)7-6-17-14(22)18-9-10-4-5-11(21-13(15)16)12(8-10)20-3/h4-5,8,13H,6-7,9H2,1-3H3,(H2,17,18,22). The van der Waals surface area contributed by atoms with E-state index >= 15 is 0 Å². The van der Waals surface area contributed by atoms with E-state index in [2.05, 4.69) is 15.4 Å². The Labute approximate surface area is 134 Å². The van der Waals surface area contributed by atoms with Crippen molar-refractivity contribution < 1.29 is 18.3 Å². The Morgan fingerprint density at radius 3 is 2.59 bits per heavy atom. The monoisotopic (exact) mass is 333 g/mol. The molecular weight excluding hydrogens is 312 g/mol. The van der Waals surface area contributed by atoms with Gasteiger partial charge in [-0.25, -0.2) is 0 Å². The molecule has 0 spiro atoms. The van der Waals surface area contributed by atoms with E-state index in [-0.39, 0.29) is 11.5 Å². The Morgan fingerprint density at radius 1 is 1.27 bits per heavy atom. The molecule has 1 aromatic carbocycles. The van der Waals surface area contributed by atoms with E-state index in [1.165, 1.54) is 13.2 Å². The molecule has 8 heteroatoms. The minimum absolute atomic E-state index is 0.00735. The van der Waals surface area contributed by atoms with Crippen molar-refractivity contribution in [2.45, 2.75) is 13.2 Å². The maximum Gasteiger partial charge on any atom is 0.387 e. The number of alkyl halides is 2. The quantitative estimate of drug-likeness (QED) is 0.708. The maximum absolute atomic E-state index is 12.2. The van der Waals surface area contributed by atoms with Crippen LogP contribution in [-0.2, 0) is 6.54 Å². The molecule has 2 N–H and O–H groups in total. The zero-order valence-corrected chi connectivity index (χ0v) is 13.7. The van der Waals surface area contributed by atoms with E-state index in [1.54, 1.807) is 12.1 Å². The highest BCUT2D eigenvalue weighted by Gasteiger charge is 2.11. The van der Waals surface area contributed by atoms with Crippen LogP contribution in [0.3, 0.4) is 0 Å². The molecule has 0 aliphatic heterocycles. The summed E-state index contributed by atoms with van der Waals surface area (Å²) in [7, 11) is 5.36. The highest BCUT2D eigenvalue weighted by molar-refractivity contribution is 7.80. The zero-order valence-electron chi connectivity index (χ0n) is 12.9. The Bertz CT molecular complexity index is 487. The molecular formula is C14H21F2N3O2S. The number of benzene rings is 1. The molecule has 0 fully saturated rings. The first-order chi connectivity index (χ1) is 10.4. The number of thiocarbonyl (C=S) groups is 1. The van der Waals surface area contributed by atoms with E-state index in [0.29, 0.717) is 11.7 Å². The number of nitrogens with zero attached hydrogens (tertiary/aromatic N) is 1. The molecule has 0 amide bonds. The number of hydrogen-bond donors (Lipinski definition) is 2. The van der Waals surface area contributed by atoms with Crippen LogP contribution in [0, 0.1) is 0 Å². The van der Waals surface area contributed by atoms with Gasteiger partial charge in [-0.1, -0.05) is 6.07 Å². The number of nitrogens with one attached hydrogen (secondary N) is 2. The second-order valence-electron chi connectivity index (χ2n) is 4.78. The average Bonchev–Trinajstić information content (AvgIpc) is 2.45. The number of likely N-dealkylation sites (N-methyl/N-ethyl adjacent to an activating group) is 1. The van der Waals surface area contributed by atoms with Gasteiger partial charge in [0.25, 0.3) is 0 Å². The molecule has 0 aliphatic rings. The second-order valence-corrected chi connectivity index (χ2v) is 5.18. The van der Waals surface area contributed by atoms with Crippen LogP contribution in [0.5, 0.6) is 11.5 Å². The van der Waals surface area contributed by atoms with Crippen molar-refractivity contribution in [3.63, 3.8) is 0 Å². The third-order valence-corrected chi connectivity index (χ3v) is 3.03. The van der Waals surface area contributed by atoms with E-state index in [0.717, 1.165) is 18.7 Å². The molecule has 0 heterocycles. The van der Waals surface area contributed by atoms with Gasteiger partial charge in [-0.2, -0.15) is 8.78 Å². The molecule has 22 heavy (non-hydrogen) atoms. The summed E-state index contributed by atoms with van der Waals surface area (Å²) in [5, 5.41) is 6.65. The van der Waals surface area contributed by atoms with Crippen LogP contribution in [0.4, 0.5) is 8.78 Å². The summed E-state index contributed by atoms with van der Waals surface area (Å²) < 4.78 is 33.9. The molecule has 0 aliphatic carbocycles. The fourth-order valence-corrected chi connectivity index (χ4v) is 1.83. The minimum atomic E-state index is -2.88. The van der Waals surface area contributed by atoms with Crippen LogP contribution in [0.25, 0.3) is 0 Å². The Balaban J connectivity index is 2.50. The molecule has 1 rings (SSSR count). The number of rotatable bonds is 8. The van der Waals surface area contributed by atoms with Crippen LogP contribution in [-0.4, -0.2) is 50.9 Å². The Morgan fingerprint density at radius 2 is 2.00 bits per heavy atom. The molecule has 0 saturated carbocycles. The average molecular weight is 333 g/mol. The van der Waals surface area contributed by atoms with Gasteiger partial charge in [-0.05, 0) is 44.0 Å². The first kappa shape index (κ1) is 18.4. The van der Waals surface area contributed by atoms with Crippen LogP contribution >= 0.6 is 12.2 Å².